The second-order valence-corrected chi connectivity index (χ2v) is 4.16. The molecule has 0 radical (unpaired) electrons. The number of fused-ring (bicyclic) bond motifs is 1. The fourth-order valence-electron chi connectivity index (χ4n) is 1.78. The fourth-order valence-corrected chi connectivity index (χ4v) is 1.78. The van der Waals surface area contributed by atoms with Crippen LogP contribution in [0.3, 0.4) is 0 Å². The van der Waals surface area contributed by atoms with E-state index in [0.717, 1.165) is 11.5 Å². The third-order valence-corrected chi connectivity index (χ3v) is 2.48. The van der Waals surface area contributed by atoms with E-state index in [0.29, 0.717) is 18.9 Å². The molecule has 3 heteroatoms. The van der Waals surface area contributed by atoms with Gasteiger partial charge in [-0.2, -0.15) is 0 Å². The Kier molecular flexibility index (Phi) is 2.82. The lowest BCUT2D eigenvalue weighted by Gasteiger charge is -2.17. The summed E-state index contributed by atoms with van der Waals surface area (Å²) in [7, 11) is 0. The van der Waals surface area contributed by atoms with Gasteiger partial charge in [0.05, 0.1) is 0 Å². The van der Waals surface area contributed by atoms with E-state index in [1.807, 2.05) is 12.1 Å². The molecule has 82 valence electrons. The van der Waals surface area contributed by atoms with Crippen LogP contribution >= 0.6 is 0 Å². The van der Waals surface area contributed by atoms with Gasteiger partial charge in [0.15, 0.2) is 11.5 Å². The molecule has 0 aromatic heterocycles. The van der Waals surface area contributed by atoms with Crippen LogP contribution in [-0.2, 0) is 0 Å². The van der Waals surface area contributed by atoms with Gasteiger partial charge in [0, 0.05) is 12.1 Å². The van der Waals surface area contributed by atoms with Gasteiger partial charge in [0.25, 0.3) is 0 Å². The Bertz CT molecular complexity index is 349. The van der Waals surface area contributed by atoms with E-state index in [1.54, 1.807) is 0 Å². The molecule has 1 heterocycles. The van der Waals surface area contributed by atoms with Gasteiger partial charge >= 0.3 is 0 Å². The van der Waals surface area contributed by atoms with Gasteiger partial charge in [-0.15, -0.1) is 0 Å². The lowest BCUT2D eigenvalue weighted by molar-refractivity contribution is 0.174. The maximum absolute atomic E-state index is 5.34. The fraction of sp³-hybridized carbons (Fsp3) is 0.500. The molecular weight excluding hydrogens is 190 g/mol. The van der Waals surface area contributed by atoms with Crippen molar-refractivity contribution in [2.75, 3.05) is 6.79 Å². The van der Waals surface area contributed by atoms with Crippen molar-refractivity contribution in [1.29, 1.82) is 0 Å². The molecule has 0 spiro atoms. The summed E-state index contributed by atoms with van der Waals surface area (Å²) in [4.78, 5) is 0. The van der Waals surface area contributed by atoms with Crippen LogP contribution in [0.25, 0.3) is 0 Å². The minimum atomic E-state index is 0.333. The maximum atomic E-state index is 5.34. The first-order valence-electron chi connectivity index (χ1n) is 5.32. The average molecular weight is 207 g/mol. The molecule has 2 rings (SSSR count). The van der Waals surface area contributed by atoms with E-state index >= 15 is 0 Å². The zero-order valence-corrected chi connectivity index (χ0v) is 9.41. The van der Waals surface area contributed by atoms with Crippen LogP contribution < -0.4 is 14.8 Å². The van der Waals surface area contributed by atoms with E-state index in [9.17, 15) is 0 Å². The van der Waals surface area contributed by atoms with Gasteiger partial charge in [-0.3, -0.25) is 0 Å². The molecule has 0 amide bonds. The van der Waals surface area contributed by atoms with Crippen LogP contribution in [0.5, 0.6) is 11.5 Å². The standard InChI is InChI=1S/C12H17NO2/c1-8(2)13-9(3)10-4-5-11-12(6-10)15-7-14-11/h4-6,8-9,13H,7H2,1-3H3/t9-/m1/s1. The van der Waals surface area contributed by atoms with E-state index in [-0.39, 0.29) is 0 Å². The Hall–Kier alpha value is -1.22. The van der Waals surface area contributed by atoms with Crippen molar-refractivity contribution in [2.24, 2.45) is 0 Å². The number of hydrogen-bond donors (Lipinski definition) is 1. The Morgan fingerprint density at radius 2 is 1.87 bits per heavy atom. The Morgan fingerprint density at radius 1 is 1.13 bits per heavy atom. The SMILES string of the molecule is CC(C)N[C@H](C)c1ccc2c(c1)OCO2. The molecule has 0 saturated heterocycles. The topological polar surface area (TPSA) is 30.5 Å². The molecule has 1 aliphatic heterocycles. The summed E-state index contributed by atoms with van der Waals surface area (Å²) >= 11 is 0. The second-order valence-electron chi connectivity index (χ2n) is 4.16. The molecular formula is C12H17NO2. The van der Waals surface area contributed by atoms with Crippen molar-refractivity contribution >= 4 is 0 Å². The minimum Gasteiger partial charge on any atom is -0.454 e. The number of hydrogen-bond acceptors (Lipinski definition) is 3. The number of ether oxygens (including phenoxy) is 2. The molecule has 1 N–H and O–H groups in total. The van der Waals surface area contributed by atoms with Crippen LogP contribution in [-0.4, -0.2) is 12.8 Å². The summed E-state index contributed by atoms with van der Waals surface area (Å²) < 4.78 is 10.6. The van der Waals surface area contributed by atoms with E-state index in [4.69, 9.17) is 9.47 Å². The summed E-state index contributed by atoms with van der Waals surface area (Å²) in [6.07, 6.45) is 0. The highest BCUT2D eigenvalue weighted by molar-refractivity contribution is 5.45. The number of nitrogens with one attached hydrogen (secondary N) is 1. The van der Waals surface area contributed by atoms with Crippen LogP contribution in [0.4, 0.5) is 0 Å². The molecule has 1 aromatic rings. The predicted octanol–water partition coefficient (Wildman–Crippen LogP) is 2.47. The molecule has 0 unspecified atom stereocenters. The first kappa shape index (κ1) is 10.3. The number of rotatable bonds is 3. The van der Waals surface area contributed by atoms with Crippen LogP contribution in [0.15, 0.2) is 18.2 Å². The highest BCUT2D eigenvalue weighted by Crippen LogP contribution is 2.34. The summed E-state index contributed by atoms with van der Waals surface area (Å²) in [5, 5.41) is 3.45. The average Bonchev–Trinajstić information content (AvgIpc) is 2.62. The molecule has 3 nitrogen and oxygen atoms in total. The van der Waals surface area contributed by atoms with Crippen molar-refractivity contribution in [3.8, 4) is 11.5 Å². The highest BCUT2D eigenvalue weighted by Gasteiger charge is 2.15. The molecule has 0 aliphatic carbocycles. The third-order valence-electron chi connectivity index (χ3n) is 2.48. The Morgan fingerprint density at radius 3 is 2.60 bits per heavy atom. The second kappa shape index (κ2) is 4.11. The zero-order chi connectivity index (χ0) is 10.8. The largest absolute Gasteiger partial charge is 0.454 e. The summed E-state index contributed by atoms with van der Waals surface area (Å²) in [5.74, 6) is 1.69. The number of benzene rings is 1. The summed E-state index contributed by atoms with van der Waals surface area (Å²) in [6.45, 7) is 6.77. The van der Waals surface area contributed by atoms with Gasteiger partial charge < -0.3 is 14.8 Å². The van der Waals surface area contributed by atoms with Gasteiger partial charge in [-0.05, 0) is 24.6 Å². The third kappa shape index (κ3) is 2.23. The van der Waals surface area contributed by atoms with Crippen LogP contribution in [0.2, 0.25) is 0 Å². The van der Waals surface area contributed by atoms with E-state index in [2.05, 4.69) is 32.2 Å². The minimum absolute atomic E-state index is 0.333. The normalized spacial score (nSPS) is 15.7. The van der Waals surface area contributed by atoms with Crippen LogP contribution in [0.1, 0.15) is 32.4 Å². The van der Waals surface area contributed by atoms with Gasteiger partial charge in [-0.25, -0.2) is 0 Å². The Balaban J connectivity index is 2.15. The van der Waals surface area contributed by atoms with Gasteiger partial charge in [0.1, 0.15) is 0 Å². The highest BCUT2D eigenvalue weighted by atomic mass is 16.7. The molecule has 0 saturated carbocycles. The zero-order valence-electron chi connectivity index (χ0n) is 9.41. The predicted molar refractivity (Wildman–Crippen MR) is 59.3 cm³/mol. The monoisotopic (exact) mass is 207 g/mol. The van der Waals surface area contributed by atoms with Crippen LogP contribution in [0, 0.1) is 0 Å². The first-order chi connectivity index (χ1) is 7.16. The van der Waals surface area contributed by atoms with E-state index in [1.165, 1.54) is 5.56 Å². The molecule has 0 bridgehead atoms. The van der Waals surface area contributed by atoms with Gasteiger partial charge in [0.2, 0.25) is 6.79 Å². The molecule has 1 aliphatic rings. The van der Waals surface area contributed by atoms with Crippen molar-refractivity contribution in [3.05, 3.63) is 23.8 Å². The summed E-state index contributed by atoms with van der Waals surface area (Å²) in [5.41, 5.74) is 1.23. The molecule has 1 aromatic carbocycles. The quantitative estimate of drug-likeness (QED) is 0.826. The molecule has 15 heavy (non-hydrogen) atoms. The first-order valence-corrected chi connectivity index (χ1v) is 5.32. The van der Waals surface area contributed by atoms with Gasteiger partial charge in [-0.1, -0.05) is 19.9 Å². The van der Waals surface area contributed by atoms with Crippen molar-refractivity contribution < 1.29 is 9.47 Å². The van der Waals surface area contributed by atoms with Crippen molar-refractivity contribution in [1.82, 2.24) is 5.32 Å². The lowest BCUT2D eigenvalue weighted by atomic mass is 10.1. The van der Waals surface area contributed by atoms with Crippen molar-refractivity contribution in [3.63, 3.8) is 0 Å². The lowest BCUT2D eigenvalue weighted by Crippen LogP contribution is -2.25. The molecule has 1 atom stereocenters. The maximum Gasteiger partial charge on any atom is 0.231 e. The summed E-state index contributed by atoms with van der Waals surface area (Å²) in [6, 6.07) is 6.90. The Labute approximate surface area is 90.4 Å². The molecule has 0 fully saturated rings. The van der Waals surface area contributed by atoms with Crippen molar-refractivity contribution in [2.45, 2.75) is 32.9 Å². The van der Waals surface area contributed by atoms with E-state index < -0.39 is 0 Å². The smallest absolute Gasteiger partial charge is 0.231 e.